The lowest BCUT2D eigenvalue weighted by molar-refractivity contribution is 0.0982. The molecule has 0 fully saturated rings. The number of halogens is 2. The van der Waals surface area contributed by atoms with Crippen LogP contribution in [0.1, 0.15) is 27.2 Å². The van der Waals surface area contributed by atoms with Gasteiger partial charge in [-0.3, -0.25) is 9.78 Å². The van der Waals surface area contributed by atoms with Gasteiger partial charge in [-0.05, 0) is 31.2 Å². The van der Waals surface area contributed by atoms with Crippen LogP contribution in [0.25, 0.3) is 11.3 Å². The van der Waals surface area contributed by atoms with Crippen LogP contribution in [-0.2, 0) is 0 Å². The van der Waals surface area contributed by atoms with E-state index in [0.29, 0.717) is 10.7 Å². The molecule has 1 amide bonds. The van der Waals surface area contributed by atoms with Crippen LogP contribution < -0.4 is 10.5 Å². The van der Waals surface area contributed by atoms with Crippen LogP contribution in [0.15, 0.2) is 35.8 Å². The Morgan fingerprint density at radius 1 is 1.33 bits per heavy atom. The Bertz CT molecular complexity index is 976. The van der Waals surface area contributed by atoms with E-state index >= 15 is 0 Å². The summed E-state index contributed by atoms with van der Waals surface area (Å²) in [6.45, 7) is 1.54. The maximum Gasteiger partial charge on any atom is 0.254 e. The second kappa shape index (κ2) is 7.77. The number of amides is 1. The van der Waals surface area contributed by atoms with Crippen LogP contribution in [0.2, 0.25) is 0 Å². The van der Waals surface area contributed by atoms with E-state index in [2.05, 4.69) is 9.97 Å². The van der Waals surface area contributed by atoms with Crippen molar-refractivity contribution < 1.29 is 23.4 Å². The van der Waals surface area contributed by atoms with E-state index < -0.39 is 29.2 Å². The Labute approximate surface area is 157 Å². The van der Waals surface area contributed by atoms with E-state index in [-0.39, 0.29) is 12.4 Å². The Balaban J connectivity index is 1.72. The molecule has 1 aromatic carbocycles. The van der Waals surface area contributed by atoms with Crippen molar-refractivity contribution in [2.24, 2.45) is 5.73 Å². The van der Waals surface area contributed by atoms with E-state index in [4.69, 9.17) is 10.5 Å². The van der Waals surface area contributed by atoms with Gasteiger partial charge in [0, 0.05) is 22.8 Å². The summed E-state index contributed by atoms with van der Waals surface area (Å²) < 4.78 is 32.8. The summed E-state index contributed by atoms with van der Waals surface area (Å²) in [5.74, 6) is -3.92. The normalized spacial score (nSPS) is 12.0. The third kappa shape index (κ3) is 4.09. The number of ether oxygens (including phenoxy) is 1. The number of primary amides is 1. The van der Waals surface area contributed by atoms with Crippen molar-refractivity contribution in [2.45, 2.75) is 13.0 Å². The predicted octanol–water partition coefficient (Wildman–Crippen LogP) is 3.00. The first-order chi connectivity index (χ1) is 12.9. The molecule has 2 aromatic heterocycles. The topological polar surface area (TPSA) is 98.3 Å². The maximum absolute atomic E-state index is 14.1. The number of carbonyl (C=O) groups is 1. The molecule has 0 saturated carbocycles. The molecule has 0 spiro atoms. The minimum atomic E-state index is -1.24. The van der Waals surface area contributed by atoms with Crippen molar-refractivity contribution >= 4 is 17.2 Å². The smallest absolute Gasteiger partial charge is 0.254 e. The van der Waals surface area contributed by atoms with Crippen molar-refractivity contribution in [3.63, 3.8) is 0 Å². The second-order valence-corrected chi connectivity index (χ2v) is 6.57. The van der Waals surface area contributed by atoms with Crippen molar-refractivity contribution in [1.82, 2.24) is 9.97 Å². The van der Waals surface area contributed by atoms with Gasteiger partial charge in [0.2, 0.25) is 0 Å². The van der Waals surface area contributed by atoms with Crippen LogP contribution in [0.3, 0.4) is 0 Å². The summed E-state index contributed by atoms with van der Waals surface area (Å²) in [4.78, 5) is 19.7. The highest BCUT2D eigenvalue weighted by atomic mass is 32.1. The average Bonchev–Trinajstić information content (AvgIpc) is 3.11. The summed E-state index contributed by atoms with van der Waals surface area (Å²) >= 11 is 1.21. The molecule has 0 aliphatic heterocycles. The Hall–Kier alpha value is -2.91. The molecule has 1 atom stereocenters. The van der Waals surface area contributed by atoms with Gasteiger partial charge < -0.3 is 15.6 Å². The molecule has 27 heavy (non-hydrogen) atoms. The number of rotatable bonds is 6. The fourth-order valence-corrected chi connectivity index (χ4v) is 3.10. The van der Waals surface area contributed by atoms with Crippen LogP contribution in [0, 0.1) is 18.6 Å². The maximum atomic E-state index is 14.1. The van der Waals surface area contributed by atoms with Gasteiger partial charge >= 0.3 is 0 Å². The molecule has 0 aliphatic rings. The van der Waals surface area contributed by atoms with E-state index in [9.17, 15) is 18.7 Å². The number of aromatic nitrogens is 2. The van der Waals surface area contributed by atoms with Gasteiger partial charge in [-0.15, -0.1) is 11.3 Å². The van der Waals surface area contributed by atoms with Crippen LogP contribution >= 0.6 is 11.3 Å². The van der Waals surface area contributed by atoms with Gasteiger partial charge in [0.05, 0.1) is 5.69 Å². The van der Waals surface area contributed by atoms with E-state index in [0.717, 1.165) is 23.4 Å². The number of nitrogens with two attached hydrogens (primary N) is 1. The molecule has 0 saturated heterocycles. The second-order valence-electron chi connectivity index (χ2n) is 5.68. The monoisotopic (exact) mass is 391 g/mol. The third-order valence-electron chi connectivity index (χ3n) is 3.71. The summed E-state index contributed by atoms with van der Waals surface area (Å²) in [6.07, 6.45) is 0.541. The molecular weight excluding hydrogens is 376 g/mol. The highest BCUT2D eigenvalue weighted by Crippen LogP contribution is 2.27. The molecule has 6 nitrogen and oxygen atoms in total. The number of aliphatic hydroxyl groups is 1. The predicted molar refractivity (Wildman–Crippen MR) is 95.4 cm³/mol. The number of carbonyl (C=O) groups excluding carboxylic acids is 1. The Morgan fingerprint density at radius 3 is 2.78 bits per heavy atom. The zero-order valence-corrected chi connectivity index (χ0v) is 15.0. The number of pyridine rings is 1. The summed E-state index contributed by atoms with van der Waals surface area (Å²) in [6, 6.07) is 5.61. The quantitative estimate of drug-likeness (QED) is 0.673. The van der Waals surface area contributed by atoms with Gasteiger partial charge in [0.25, 0.3) is 5.91 Å². The number of nitrogens with zero attached hydrogens (tertiary/aromatic N) is 2. The number of hydrogen-bond donors (Lipinski definition) is 2. The zero-order chi connectivity index (χ0) is 19.6. The first-order valence-electron chi connectivity index (χ1n) is 7.84. The van der Waals surface area contributed by atoms with Crippen molar-refractivity contribution in [1.29, 1.82) is 0 Å². The number of aliphatic hydroxyl groups excluding tert-OH is 1. The van der Waals surface area contributed by atoms with Crippen LogP contribution in [-0.4, -0.2) is 27.6 Å². The van der Waals surface area contributed by atoms with Crippen LogP contribution in [0.4, 0.5) is 8.78 Å². The highest BCUT2D eigenvalue weighted by Gasteiger charge is 2.21. The third-order valence-corrected chi connectivity index (χ3v) is 4.66. The first-order valence-corrected chi connectivity index (χ1v) is 8.72. The molecule has 0 aliphatic carbocycles. The summed E-state index contributed by atoms with van der Waals surface area (Å²) in [7, 11) is 0. The lowest BCUT2D eigenvalue weighted by atomic mass is 10.1. The fourth-order valence-electron chi connectivity index (χ4n) is 2.30. The molecule has 0 bridgehead atoms. The standard InChI is InChI=1S/C18H15F2N3O3S/c1-9-2-3-10(6-22-9)12-8-27-18(23-12)13(24)7-26-14-5-4-11(19)15(16(14)20)17(21)25/h2-6,8,13,24H,7H2,1H3,(H2,21,25). The number of aryl methyl sites for hydroxylation is 1. The van der Waals surface area contributed by atoms with Gasteiger partial charge in [0.1, 0.15) is 29.1 Å². The molecule has 3 aromatic rings. The molecule has 9 heteroatoms. The molecular formula is C18H15F2N3O3S. The first kappa shape index (κ1) is 18.9. The van der Waals surface area contributed by atoms with Gasteiger partial charge in [-0.25, -0.2) is 13.8 Å². The largest absolute Gasteiger partial charge is 0.487 e. The molecule has 1 unspecified atom stereocenters. The van der Waals surface area contributed by atoms with E-state index in [1.165, 1.54) is 11.3 Å². The number of hydrogen-bond acceptors (Lipinski definition) is 6. The van der Waals surface area contributed by atoms with Crippen molar-refractivity contribution in [2.75, 3.05) is 6.61 Å². The number of thiazole rings is 1. The lowest BCUT2D eigenvalue weighted by Crippen LogP contribution is -2.17. The Morgan fingerprint density at radius 2 is 2.11 bits per heavy atom. The summed E-state index contributed by atoms with van der Waals surface area (Å²) in [5.41, 5.74) is 6.39. The highest BCUT2D eigenvalue weighted by molar-refractivity contribution is 7.10. The SMILES string of the molecule is Cc1ccc(-c2csc(C(O)COc3ccc(F)c(C(N)=O)c3F)n2)cn1. The molecule has 140 valence electrons. The van der Waals surface area contributed by atoms with Gasteiger partial charge in [0.15, 0.2) is 11.6 Å². The summed E-state index contributed by atoms with van der Waals surface area (Å²) in [5, 5.41) is 12.4. The molecule has 0 radical (unpaired) electrons. The van der Waals surface area contributed by atoms with Gasteiger partial charge in [-0.1, -0.05) is 0 Å². The fraction of sp³-hybridized carbons (Fsp3) is 0.167. The Kier molecular flexibility index (Phi) is 5.43. The number of benzene rings is 1. The van der Waals surface area contributed by atoms with E-state index in [1.54, 1.807) is 11.6 Å². The lowest BCUT2D eigenvalue weighted by Gasteiger charge is -2.12. The zero-order valence-electron chi connectivity index (χ0n) is 14.1. The molecule has 3 rings (SSSR count). The minimum absolute atomic E-state index is 0.333. The average molecular weight is 391 g/mol. The van der Waals surface area contributed by atoms with Gasteiger partial charge in [-0.2, -0.15) is 0 Å². The molecule has 2 heterocycles. The van der Waals surface area contributed by atoms with Crippen molar-refractivity contribution in [3.05, 3.63) is 63.7 Å². The van der Waals surface area contributed by atoms with Crippen LogP contribution in [0.5, 0.6) is 5.75 Å². The van der Waals surface area contributed by atoms with E-state index in [1.807, 2.05) is 19.1 Å². The molecule has 3 N–H and O–H groups in total. The minimum Gasteiger partial charge on any atom is -0.487 e. The van der Waals surface area contributed by atoms with Crippen molar-refractivity contribution in [3.8, 4) is 17.0 Å².